The van der Waals surface area contributed by atoms with Gasteiger partial charge in [-0.25, -0.2) is 0 Å². The monoisotopic (exact) mass is 187 g/mol. The van der Waals surface area contributed by atoms with Gasteiger partial charge in [0.25, 0.3) is 0 Å². The summed E-state index contributed by atoms with van der Waals surface area (Å²) in [5, 5.41) is 7.72. The lowest BCUT2D eigenvalue weighted by Crippen LogP contribution is -2.30. The Hall–Kier alpha value is -1.27. The minimum Gasteiger partial charge on any atom is -0.481 e. The van der Waals surface area contributed by atoms with Gasteiger partial charge in [0.1, 0.15) is 0 Å². The fourth-order valence-corrected chi connectivity index (χ4v) is 0. The first-order valence-electron chi connectivity index (χ1n) is 2.80. The molecule has 0 saturated heterocycles. The van der Waals surface area contributed by atoms with Gasteiger partial charge in [0.05, 0.1) is 0 Å². The molecule has 0 bridgehead atoms. The Bertz CT molecular complexity index is 166. The van der Waals surface area contributed by atoms with Crippen molar-refractivity contribution < 1.29 is 27.9 Å². The summed E-state index contributed by atoms with van der Waals surface area (Å²) >= 11 is 0. The third-order valence-electron chi connectivity index (χ3n) is 0.582. The molecule has 0 spiro atoms. The van der Waals surface area contributed by atoms with Crippen molar-refractivity contribution in [2.24, 2.45) is 5.73 Å². The second-order valence-corrected chi connectivity index (χ2v) is 1.61. The Labute approximate surface area is 66.2 Å². The Kier molecular flexibility index (Phi) is 5.99. The van der Waals surface area contributed by atoms with Crippen LogP contribution in [-0.2, 0) is 9.59 Å². The molecule has 72 valence electrons. The number of hydrogen-bond donors (Lipinski definition) is 2. The number of aliphatic carboxylic acids is 1. The number of carbonyl (C=O) groups is 2. The van der Waals surface area contributed by atoms with Crippen LogP contribution in [0.3, 0.4) is 0 Å². The Morgan fingerprint density at radius 3 is 1.58 bits per heavy atom. The summed E-state index contributed by atoms with van der Waals surface area (Å²) in [5.41, 5.74) is 3.81. The number of rotatable bonds is 1. The fraction of sp³-hybridized carbons (Fsp3) is 0.600. The largest absolute Gasteiger partial charge is 0.481 e. The van der Waals surface area contributed by atoms with Crippen molar-refractivity contribution in [1.29, 1.82) is 0 Å². The molecule has 0 radical (unpaired) electrons. The van der Waals surface area contributed by atoms with E-state index in [1.807, 2.05) is 0 Å². The van der Waals surface area contributed by atoms with Gasteiger partial charge in [0, 0.05) is 6.42 Å². The summed E-state index contributed by atoms with van der Waals surface area (Å²) in [7, 11) is 0. The number of primary amides is 1. The van der Waals surface area contributed by atoms with Crippen molar-refractivity contribution in [3.05, 3.63) is 0 Å². The van der Waals surface area contributed by atoms with Crippen LogP contribution in [0.5, 0.6) is 0 Å². The molecule has 7 heteroatoms. The fourth-order valence-electron chi connectivity index (χ4n) is 0. The van der Waals surface area contributed by atoms with Crippen molar-refractivity contribution in [2.75, 3.05) is 0 Å². The van der Waals surface area contributed by atoms with E-state index in [4.69, 9.17) is 9.90 Å². The number of carboxylic acids is 1. The van der Waals surface area contributed by atoms with Crippen LogP contribution in [0.1, 0.15) is 13.3 Å². The summed E-state index contributed by atoms with van der Waals surface area (Å²) in [6.07, 6.45) is -4.64. The van der Waals surface area contributed by atoms with Gasteiger partial charge in [-0.2, -0.15) is 13.2 Å². The summed E-state index contributed by atoms with van der Waals surface area (Å²) in [6, 6.07) is 0. The molecule has 0 aromatic rings. The first-order valence-corrected chi connectivity index (χ1v) is 2.80. The van der Waals surface area contributed by atoms with E-state index in [9.17, 15) is 18.0 Å². The molecular weight excluding hydrogens is 179 g/mol. The molecule has 3 N–H and O–H groups in total. The van der Waals surface area contributed by atoms with Crippen LogP contribution in [0.15, 0.2) is 0 Å². The highest BCUT2D eigenvalue weighted by Crippen LogP contribution is 2.11. The van der Waals surface area contributed by atoms with E-state index >= 15 is 0 Å². The Balaban J connectivity index is 0. The van der Waals surface area contributed by atoms with Crippen LogP contribution in [0.4, 0.5) is 13.2 Å². The molecule has 0 fully saturated rings. The van der Waals surface area contributed by atoms with Crippen molar-refractivity contribution >= 4 is 11.9 Å². The lowest BCUT2D eigenvalue weighted by Gasteiger charge is -1.95. The molecule has 0 unspecified atom stereocenters. The summed E-state index contributed by atoms with van der Waals surface area (Å²) < 4.78 is 32.1. The minimum atomic E-state index is -4.86. The van der Waals surface area contributed by atoms with E-state index in [0.717, 1.165) is 0 Å². The van der Waals surface area contributed by atoms with Gasteiger partial charge in [-0.05, 0) is 0 Å². The zero-order chi connectivity index (χ0) is 10.4. The molecule has 4 nitrogen and oxygen atoms in total. The zero-order valence-corrected chi connectivity index (χ0v) is 6.18. The number of carboxylic acid groups (broad SMARTS) is 1. The van der Waals surface area contributed by atoms with Gasteiger partial charge in [0.2, 0.25) is 0 Å². The molecule has 0 saturated carbocycles. The molecule has 0 heterocycles. The second kappa shape index (κ2) is 5.39. The molecular formula is C5H8F3NO3. The molecule has 1 amide bonds. The highest BCUT2D eigenvalue weighted by atomic mass is 19.4. The number of alkyl halides is 3. The van der Waals surface area contributed by atoms with Crippen LogP contribution in [0.25, 0.3) is 0 Å². The average molecular weight is 187 g/mol. The van der Waals surface area contributed by atoms with E-state index < -0.39 is 18.1 Å². The lowest BCUT2D eigenvalue weighted by atomic mass is 10.5. The van der Waals surface area contributed by atoms with Crippen LogP contribution in [0.2, 0.25) is 0 Å². The Morgan fingerprint density at radius 2 is 1.58 bits per heavy atom. The average Bonchev–Trinajstić information content (AvgIpc) is 1.87. The van der Waals surface area contributed by atoms with Gasteiger partial charge in [-0.15, -0.1) is 0 Å². The third kappa shape index (κ3) is 11.5. The molecule has 0 aromatic carbocycles. The number of halogens is 3. The maximum absolute atomic E-state index is 10.7. The smallest absolute Gasteiger partial charge is 0.470 e. The maximum Gasteiger partial charge on any atom is 0.470 e. The van der Waals surface area contributed by atoms with E-state index in [-0.39, 0.29) is 6.42 Å². The van der Waals surface area contributed by atoms with Crippen molar-refractivity contribution in [1.82, 2.24) is 0 Å². The topological polar surface area (TPSA) is 80.4 Å². The first-order chi connectivity index (χ1) is 5.21. The maximum atomic E-state index is 10.7. The van der Waals surface area contributed by atoms with Gasteiger partial charge in [0.15, 0.2) is 0 Å². The van der Waals surface area contributed by atoms with E-state index in [1.165, 1.54) is 0 Å². The van der Waals surface area contributed by atoms with E-state index in [1.54, 1.807) is 6.92 Å². The molecule has 0 aromatic heterocycles. The van der Waals surface area contributed by atoms with Gasteiger partial charge in [-0.3, -0.25) is 9.59 Å². The predicted octanol–water partition coefficient (Wildman–Crippen LogP) is 0.515. The third-order valence-corrected chi connectivity index (χ3v) is 0.582. The molecule has 0 atom stereocenters. The van der Waals surface area contributed by atoms with E-state index in [2.05, 4.69) is 5.73 Å². The number of nitrogens with two attached hydrogens (primary N) is 1. The quantitative estimate of drug-likeness (QED) is 0.627. The molecule has 0 aliphatic heterocycles. The van der Waals surface area contributed by atoms with Gasteiger partial charge in [-0.1, -0.05) is 6.92 Å². The van der Waals surface area contributed by atoms with Crippen LogP contribution < -0.4 is 5.73 Å². The number of hydrogen-bond acceptors (Lipinski definition) is 2. The number of amides is 1. The molecule has 12 heavy (non-hydrogen) atoms. The molecule has 0 rings (SSSR count). The van der Waals surface area contributed by atoms with Crippen LogP contribution in [-0.4, -0.2) is 23.2 Å². The zero-order valence-electron chi connectivity index (χ0n) is 6.18. The van der Waals surface area contributed by atoms with Crippen molar-refractivity contribution in [3.63, 3.8) is 0 Å². The van der Waals surface area contributed by atoms with Crippen LogP contribution >= 0.6 is 0 Å². The summed E-state index contributed by atoms with van der Waals surface area (Å²) in [6.45, 7) is 1.60. The highest BCUT2D eigenvalue weighted by molar-refractivity contribution is 5.79. The Morgan fingerprint density at radius 1 is 1.42 bits per heavy atom. The number of carbonyl (C=O) groups excluding carboxylic acids is 1. The summed E-state index contributed by atoms with van der Waals surface area (Å²) in [5.74, 6) is -3.00. The van der Waals surface area contributed by atoms with E-state index in [0.29, 0.717) is 0 Å². The standard InChI is InChI=1S/C3H6O2.C2H2F3NO/c1-2-3(4)5;3-2(4,5)1(6)7/h2H2,1H3,(H,4,5);(H2,6,7). The minimum absolute atomic E-state index is 0.222. The van der Waals surface area contributed by atoms with Crippen molar-refractivity contribution in [3.8, 4) is 0 Å². The molecule has 0 aliphatic rings. The van der Waals surface area contributed by atoms with Gasteiger partial charge >= 0.3 is 18.1 Å². The van der Waals surface area contributed by atoms with Gasteiger partial charge < -0.3 is 10.8 Å². The predicted molar refractivity (Wildman–Crippen MR) is 33.2 cm³/mol. The van der Waals surface area contributed by atoms with Crippen molar-refractivity contribution in [2.45, 2.75) is 19.5 Å². The normalized spacial score (nSPS) is 9.67. The highest BCUT2D eigenvalue weighted by Gasteiger charge is 2.35. The molecule has 0 aliphatic carbocycles. The lowest BCUT2D eigenvalue weighted by molar-refractivity contribution is -0.169. The second-order valence-electron chi connectivity index (χ2n) is 1.61. The SMILES string of the molecule is CCC(=O)O.NC(=O)C(F)(F)F. The van der Waals surface area contributed by atoms with Crippen LogP contribution in [0, 0.1) is 0 Å². The summed E-state index contributed by atoms with van der Waals surface area (Å²) in [4.78, 5) is 18.5. The first kappa shape index (κ1) is 13.3.